The molecule has 1 unspecified atom stereocenters. The van der Waals surface area contributed by atoms with Crippen molar-refractivity contribution in [2.75, 3.05) is 62.6 Å². The third kappa shape index (κ3) is 30.5. The van der Waals surface area contributed by atoms with Gasteiger partial charge < -0.3 is 18.9 Å². The molecule has 8 aliphatic rings. The minimum absolute atomic E-state index is 0. The van der Waals surface area contributed by atoms with Crippen LogP contribution in [0.1, 0.15) is 233 Å². The number of alkyl halides is 8. The Morgan fingerprint density at radius 3 is 1.49 bits per heavy atom. The second kappa shape index (κ2) is 49.2. The number of allylic oxidation sites excluding steroid dienone is 4. The maximum absolute atomic E-state index is 13.8. The number of esters is 1. The molecular formula is C69H99ClF8N8O14S4. The zero-order valence-electron chi connectivity index (χ0n) is 59.9. The van der Waals surface area contributed by atoms with Crippen LogP contribution in [-0.4, -0.2) is 150 Å². The van der Waals surface area contributed by atoms with Crippen LogP contribution >= 0.6 is 61.2 Å². The van der Waals surface area contributed by atoms with Crippen molar-refractivity contribution in [3.63, 3.8) is 0 Å². The Kier molecular flexibility index (Phi) is 44.6. The van der Waals surface area contributed by atoms with Crippen LogP contribution in [-0.2, 0) is 111 Å². The summed E-state index contributed by atoms with van der Waals surface area (Å²) < 4.78 is 128. The van der Waals surface area contributed by atoms with Crippen LogP contribution in [0.2, 0.25) is 0 Å². The zero-order valence-corrected chi connectivity index (χ0v) is 64.2. The molecule has 0 bridgehead atoms. The molecule has 0 amide bonds. The lowest BCUT2D eigenvalue weighted by Crippen LogP contribution is -2.30. The number of thiol groups is 2. The van der Waals surface area contributed by atoms with Gasteiger partial charge in [0.1, 0.15) is 51.4 Å². The van der Waals surface area contributed by atoms with Gasteiger partial charge in [-0.15, -0.1) is 35.9 Å². The third-order valence-electron chi connectivity index (χ3n) is 15.9. The maximum Gasteiger partial charge on any atom is 0.321 e. The number of hydrogen-bond acceptors (Lipinski definition) is 23. The van der Waals surface area contributed by atoms with Gasteiger partial charge in [-0.1, -0.05) is 0 Å². The van der Waals surface area contributed by atoms with Gasteiger partial charge in [-0.2, -0.15) is 49.3 Å². The highest BCUT2D eigenvalue weighted by Gasteiger charge is 2.47. The van der Waals surface area contributed by atoms with E-state index in [1.807, 2.05) is 43.4 Å². The third-order valence-corrected chi connectivity index (χ3v) is 20.2. The summed E-state index contributed by atoms with van der Waals surface area (Å²) in [4.78, 5) is 110. The van der Waals surface area contributed by atoms with E-state index in [0.717, 1.165) is 96.2 Å². The summed E-state index contributed by atoms with van der Waals surface area (Å²) in [6.07, 6.45) is 8.60. The molecular weight excluding hydrogens is 1480 g/mol. The van der Waals surface area contributed by atoms with Crippen LogP contribution < -0.4 is 11.3 Å². The standard InChI is InChI=1S/C13H16F2N2OS2.C11H12F4N2O.C11H12F2N2O2.C10H14O3.C8H12O2.C6H8O2.C4H10N2O2.C4H8O.C2H6S2.ClH/c1-8(18)7-17-11-9(10(16-17)12(14)15)3-2-4-13(11)19-5-6-20-13;1-6(18)5-17-9-7(8(16-17)10(12)13)3-2-4-11(9,14)15;1-6(16)5-15-10-7(3-2-4-8(10)17)9(14-15)11(12)13;1-3-13-9-6-4-5-8(7(2)11)10(9)12;1-2-10-8-6-4-3-5-7(8)9;7-5-3-1-2-4-6(5)8;1-2-8-4(7)3-6-5;1-2-4-5-3-1;3-1-2-4;/h12H,2-7H2,1H3;10H,2-5H2,1H3;11H,2-5H2,1H3;6,8H,3-5H2,1-2H3;6H,2-5H2,1H3;1-4H2;6H,2-3,5H2,1H3;1-4H2;3-4H,1-2H2;1H. The Hall–Kier alpha value is -5.78. The number of nitrogens with zero attached hydrogens (tertiary/aromatic N) is 6. The van der Waals surface area contributed by atoms with Crippen molar-refractivity contribution in [3.8, 4) is 0 Å². The van der Waals surface area contributed by atoms with Crippen molar-refractivity contribution < 1.29 is 102 Å². The molecule has 0 aromatic carbocycles. The molecule has 2 saturated heterocycles. The van der Waals surface area contributed by atoms with E-state index in [1.54, 1.807) is 17.7 Å². The highest BCUT2D eigenvalue weighted by molar-refractivity contribution is 8.20. The molecule has 2 aliphatic heterocycles. The maximum atomic E-state index is 13.8. The van der Waals surface area contributed by atoms with E-state index in [2.05, 4.69) is 50.7 Å². The minimum atomic E-state index is -3.19. The van der Waals surface area contributed by atoms with Gasteiger partial charge in [0.15, 0.2) is 52.0 Å². The molecule has 104 heavy (non-hydrogen) atoms. The number of ether oxygens (including phenoxy) is 4. The molecule has 6 aliphatic carbocycles. The molecule has 3 aromatic heterocycles. The molecule has 1 atom stereocenters. The van der Waals surface area contributed by atoms with Crippen LogP contribution in [0, 0.1) is 5.92 Å². The lowest BCUT2D eigenvalue weighted by Gasteiger charge is -2.33. The lowest BCUT2D eigenvalue weighted by atomic mass is 9.89. The van der Waals surface area contributed by atoms with E-state index in [4.69, 9.17) is 20.1 Å². The fourth-order valence-corrected chi connectivity index (χ4v) is 15.1. The summed E-state index contributed by atoms with van der Waals surface area (Å²) in [6.45, 7) is 14.1. The average Bonchev–Trinajstić information content (AvgIpc) is 1.59. The molecule has 1 spiro atoms. The number of Topliss-reactive ketones (excluding diaryl/α,β-unsaturated/α-hetero) is 9. The first-order valence-electron chi connectivity index (χ1n) is 34.4. The van der Waals surface area contributed by atoms with Gasteiger partial charge in [0.25, 0.3) is 25.2 Å². The van der Waals surface area contributed by atoms with Gasteiger partial charge in [-0.05, 0) is 168 Å². The summed E-state index contributed by atoms with van der Waals surface area (Å²) in [7, 11) is 0. The number of nitrogens with one attached hydrogen (secondary N) is 1. The SMILES string of the molecule is C1CCOC1.CC(=O)Cn1nc(C(F)F)c2c1C(=O)CCC2.CC(=O)Cn1nc(C(F)F)c2c1C(F)(F)CCC2.CC(=O)Cn1nc(C(F)F)c2c1C1(CCC2)SCCS1.CCOC(=O)CNN.CCOC1=CCCC(C(C)=O)C1=O.CCOC1=CCCCC1=O.Cl.O=C1CCCCC1=O.SCCS. The fourth-order valence-electron chi connectivity index (χ4n) is 11.6. The largest absolute Gasteiger partial charge is 0.490 e. The fraction of sp³-hybridized carbons (Fsp3) is 0.667. The van der Waals surface area contributed by atoms with Gasteiger partial charge in [0.05, 0.1) is 44.5 Å². The highest BCUT2D eigenvalue weighted by atomic mass is 35.5. The van der Waals surface area contributed by atoms with Crippen molar-refractivity contribution in [1.29, 1.82) is 0 Å². The van der Waals surface area contributed by atoms with Crippen molar-refractivity contribution in [2.45, 2.75) is 226 Å². The molecule has 11 rings (SSSR count). The Balaban J connectivity index is 0.000000412. The minimum Gasteiger partial charge on any atom is -0.490 e. The van der Waals surface area contributed by atoms with E-state index in [-0.39, 0.29) is 124 Å². The Morgan fingerprint density at radius 1 is 0.587 bits per heavy atom. The Morgan fingerprint density at radius 2 is 1.04 bits per heavy atom. The summed E-state index contributed by atoms with van der Waals surface area (Å²) in [5.41, 5.74) is 2.56. The monoisotopic (exact) mass is 1580 g/mol. The quantitative estimate of drug-likeness (QED) is 0.0175. The van der Waals surface area contributed by atoms with E-state index in [9.17, 15) is 83.1 Å². The summed E-state index contributed by atoms with van der Waals surface area (Å²) in [5, 5.41) is 11.3. The van der Waals surface area contributed by atoms with E-state index < -0.39 is 61.3 Å². The summed E-state index contributed by atoms with van der Waals surface area (Å²) in [5.74, 6) is 4.33. The number of carbonyl (C=O) groups is 10. The van der Waals surface area contributed by atoms with E-state index in [0.29, 0.717) is 93.8 Å². The summed E-state index contributed by atoms with van der Waals surface area (Å²) in [6, 6.07) is 0. The number of nitrogens with two attached hydrogens (primary N) is 1. The predicted octanol–water partition coefficient (Wildman–Crippen LogP) is 13.1. The average molecular weight is 1580 g/mol. The van der Waals surface area contributed by atoms with Crippen molar-refractivity contribution in [1.82, 2.24) is 34.8 Å². The van der Waals surface area contributed by atoms with Crippen LogP contribution in [0.15, 0.2) is 23.7 Å². The van der Waals surface area contributed by atoms with Crippen molar-refractivity contribution in [3.05, 3.63) is 74.5 Å². The van der Waals surface area contributed by atoms with Gasteiger partial charge >= 0.3 is 5.97 Å². The zero-order chi connectivity index (χ0) is 77.0. The van der Waals surface area contributed by atoms with Crippen molar-refractivity contribution >= 4 is 119 Å². The normalized spacial score (nSPS) is 17.9. The first-order chi connectivity index (χ1) is 48.9. The number of hydrazine groups is 1. The topological polar surface area (TPSA) is 299 Å². The van der Waals surface area contributed by atoms with E-state index in [1.165, 1.54) is 40.5 Å². The molecule has 1 saturated carbocycles. The number of rotatable bonds is 18. The molecule has 0 radical (unpaired) electrons. The molecule has 3 aromatic rings. The number of fused-ring (bicyclic) bond motifs is 4. The predicted molar refractivity (Wildman–Crippen MR) is 386 cm³/mol. The molecule has 5 heterocycles. The Labute approximate surface area is 627 Å². The number of carbonyl (C=O) groups excluding carboxylic acids is 10. The lowest BCUT2D eigenvalue weighted by molar-refractivity contribution is -0.142. The molecule has 3 N–H and O–H groups in total. The second-order valence-corrected chi connectivity index (χ2v) is 28.1. The van der Waals surface area contributed by atoms with Gasteiger partial charge in [0.2, 0.25) is 5.78 Å². The molecule has 22 nitrogen and oxygen atoms in total. The van der Waals surface area contributed by atoms with Gasteiger partial charge in [-0.25, -0.2) is 31.8 Å². The van der Waals surface area contributed by atoms with Gasteiger partial charge in [-0.3, -0.25) is 67.8 Å². The highest BCUT2D eigenvalue weighted by Crippen LogP contribution is 2.58. The van der Waals surface area contributed by atoms with Crippen LogP contribution in [0.25, 0.3) is 0 Å². The van der Waals surface area contributed by atoms with Crippen LogP contribution in [0.4, 0.5) is 35.1 Å². The second-order valence-electron chi connectivity index (χ2n) is 24.2. The number of ketones is 9. The Bertz CT molecular complexity index is 3340. The first kappa shape index (κ1) is 94.3. The molecule has 3 fully saturated rings. The first-order valence-corrected chi connectivity index (χ1v) is 37.6. The number of aromatic nitrogens is 6. The number of halogens is 9. The van der Waals surface area contributed by atoms with E-state index >= 15 is 0 Å². The van der Waals surface area contributed by atoms with Crippen LogP contribution in [0.3, 0.4) is 0 Å². The number of thioether (sulfide) groups is 2. The smallest absolute Gasteiger partial charge is 0.321 e. The van der Waals surface area contributed by atoms with Crippen LogP contribution in [0.5, 0.6) is 0 Å². The van der Waals surface area contributed by atoms with Crippen molar-refractivity contribution in [2.24, 2.45) is 11.8 Å². The number of hydrogen-bond donors (Lipinski definition) is 4. The van der Waals surface area contributed by atoms with Gasteiger partial charge in [0, 0.05) is 73.5 Å². The molecule has 586 valence electrons. The molecule has 35 heteroatoms. The summed E-state index contributed by atoms with van der Waals surface area (Å²) >= 11 is 11.3.